The molecule has 0 amide bonds. The number of hydrogen-bond acceptors (Lipinski definition) is 2. The molecule has 0 radical (unpaired) electrons. The van der Waals surface area contributed by atoms with Gasteiger partial charge in [0.2, 0.25) is 0 Å². The number of benzene rings is 1. The molecule has 1 aromatic rings. The van der Waals surface area contributed by atoms with Crippen LogP contribution in [0.2, 0.25) is 0 Å². The second kappa shape index (κ2) is 5.01. The van der Waals surface area contributed by atoms with E-state index >= 15 is 0 Å². The zero-order chi connectivity index (χ0) is 13.1. The van der Waals surface area contributed by atoms with E-state index in [1.807, 2.05) is 13.0 Å². The summed E-state index contributed by atoms with van der Waals surface area (Å²) >= 11 is 0. The van der Waals surface area contributed by atoms with Crippen molar-refractivity contribution in [3.8, 4) is 12.3 Å². The van der Waals surface area contributed by atoms with Crippen LogP contribution in [-0.2, 0) is 0 Å². The maximum Gasteiger partial charge on any atom is 0.125 e. The molecule has 18 heavy (non-hydrogen) atoms. The fourth-order valence-electron chi connectivity index (χ4n) is 2.25. The second-order valence-corrected chi connectivity index (χ2v) is 4.47. The lowest BCUT2D eigenvalue weighted by atomic mass is 10.1. The average molecular weight is 238 g/mol. The highest BCUT2D eigenvalue weighted by molar-refractivity contribution is 5.78. The molecule has 1 aliphatic heterocycles. The van der Waals surface area contributed by atoms with Gasteiger partial charge < -0.3 is 10.2 Å². The van der Waals surface area contributed by atoms with E-state index in [0.29, 0.717) is 0 Å². The summed E-state index contributed by atoms with van der Waals surface area (Å²) in [6, 6.07) is 6.45. The molecule has 1 N–H and O–H groups in total. The summed E-state index contributed by atoms with van der Waals surface area (Å²) in [7, 11) is 2.09. The molecule has 2 heteroatoms. The predicted octanol–water partition coefficient (Wildman–Crippen LogP) is 3.32. The fourth-order valence-corrected chi connectivity index (χ4v) is 2.25. The van der Waals surface area contributed by atoms with Gasteiger partial charge in [0.25, 0.3) is 0 Å². The van der Waals surface area contributed by atoms with Gasteiger partial charge in [0, 0.05) is 7.05 Å². The number of hydrogen-bond donors (Lipinski definition) is 1. The van der Waals surface area contributed by atoms with E-state index in [4.69, 9.17) is 6.42 Å². The van der Waals surface area contributed by atoms with Crippen LogP contribution in [0.5, 0.6) is 0 Å². The number of nitrogens with zero attached hydrogens (tertiary/aromatic N) is 1. The van der Waals surface area contributed by atoms with E-state index < -0.39 is 0 Å². The van der Waals surface area contributed by atoms with Crippen LogP contribution >= 0.6 is 0 Å². The van der Waals surface area contributed by atoms with Crippen molar-refractivity contribution in [2.75, 3.05) is 17.3 Å². The molecule has 0 saturated heterocycles. The van der Waals surface area contributed by atoms with Gasteiger partial charge in [-0.25, -0.2) is 0 Å². The monoisotopic (exact) mass is 238 g/mol. The molecular formula is C16H18N2. The average Bonchev–Trinajstić information content (AvgIpc) is 2.67. The lowest BCUT2D eigenvalue weighted by Gasteiger charge is -2.23. The van der Waals surface area contributed by atoms with Gasteiger partial charge in [-0.1, -0.05) is 18.1 Å². The Hall–Kier alpha value is -2.14. The van der Waals surface area contributed by atoms with Crippen LogP contribution in [0.4, 0.5) is 11.4 Å². The number of terminal acetylenes is 1. The first-order valence-electron chi connectivity index (χ1n) is 6.06. The smallest absolute Gasteiger partial charge is 0.125 e. The first-order valence-corrected chi connectivity index (χ1v) is 6.06. The van der Waals surface area contributed by atoms with Crippen LogP contribution in [-0.4, -0.2) is 13.2 Å². The zero-order valence-electron chi connectivity index (χ0n) is 11.1. The minimum atomic E-state index is 0.149. The van der Waals surface area contributed by atoms with E-state index in [-0.39, 0.29) is 6.17 Å². The third kappa shape index (κ3) is 2.12. The summed E-state index contributed by atoms with van der Waals surface area (Å²) in [6.07, 6.45) is 11.2. The predicted molar refractivity (Wildman–Crippen MR) is 78.7 cm³/mol. The van der Waals surface area contributed by atoms with Crippen LogP contribution < -0.4 is 10.2 Å². The molecule has 1 aliphatic rings. The zero-order valence-corrected chi connectivity index (χ0v) is 11.1. The van der Waals surface area contributed by atoms with Crippen LogP contribution in [0.1, 0.15) is 12.5 Å². The summed E-state index contributed by atoms with van der Waals surface area (Å²) in [5.74, 6) is 2.53. The third-order valence-electron chi connectivity index (χ3n) is 3.23. The number of allylic oxidation sites excluding steroid dienone is 2. The van der Waals surface area contributed by atoms with Gasteiger partial charge in [0.05, 0.1) is 11.4 Å². The van der Waals surface area contributed by atoms with Crippen molar-refractivity contribution in [2.45, 2.75) is 20.0 Å². The summed E-state index contributed by atoms with van der Waals surface area (Å²) < 4.78 is 0. The van der Waals surface area contributed by atoms with Crippen molar-refractivity contribution in [1.82, 2.24) is 0 Å². The van der Waals surface area contributed by atoms with E-state index in [9.17, 15) is 0 Å². The minimum Gasteiger partial charge on any atom is -0.360 e. The van der Waals surface area contributed by atoms with Gasteiger partial charge in [0.1, 0.15) is 6.17 Å². The molecule has 1 atom stereocenters. The Morgan fingerprint density at radius 3 is 2.94 bits per heavy atom. The van der Waals surface area contributed by atoms with Gasteiger partial charge in [-0.15, -0.1) is 6.42 Å². The standard InChI is InChI=1S/C16H18N2/c1-5-7-8-13(6-2)16-17-14-11-12(3)9-10-15(14)18(16)4/h1,6-11,16-17H,2-4H3/b8-7-,13-6+. The Kier molecular flexibility index (Phi) is 3.43. The van der Waals surface area contributed by atoms with E-state index in [1.54, 1.807) is 6.08 Å². The van der Waals surface area contributed by atoms with Gasteiger partial charge in [-0.2, -0.15) is 0 Å². The highest BCUT2D eigenvalue weighted by Gasteiger charge is 2.26. The van der Waals surface area contributed by atoms with Gasteiger partial charge >= 0.3 is 0 Å². The number of nitrogens with one attached hydrogen (secondary N) is 1. The van der Waals surface area contributed by atoms with E-state index in [2.05, 4.69) is 54.4 Å². The highest BCUT2D eigenvalue weighted by Crippen LogP contribution is 2.36. The van der Waals surface area contributed by atoms with Crippen molar-refractivity contribution >= 4 is 11.4 Å². The molecule has 2 rings (SSSR count). The lowest BCUT2D eigenvalue weighted by Crippen LogP contribution is -2.33. The molecule has 2 nitrogen and oxygen atoms in total. The Balaban J connectivity index is 2.31. The van der Waals surface area contributed by atoms with Gasteiger partial charge in [-0.3, -0.25) is 0 Å². The topological polar surface area (TPSA) is 15.3 Å². The molecule has 0 fully saturated rings. The summed E-state index contributed by atoms with van der Waals surface area (Å²) in [5, 5.41) is 3.52. The molecule has 0 bridgehead atoms. The first kappa shape index (κ1) is 12.3. The molecule has 0 aliphatic carbocycles. The second-order valence-electron chi connectivity index (χ2n) is 4.47. The van der Waals surface area contributed by atoms with Crippen molar-refractivity contribution in [1.29, 1.82) is 0 Å². The maximum absolute atomic E-state index is 5.27. The largest absolute Gasteiger partial charge is 0.360 e. The number of likely N-dealkylation sites (N-methyl/N-ethyl adjacent to an activating group) is 1. The van der Waals surface area contributed by atoms with Crippen molar-refractivity contribution in [3.63, 3.8) is 0 Å². The molecule has 1 aromatic carbocycles. The van der Waals surface area contributed by atoms with Gasteiger partial charge in [-0.05, 0) is 49.3 Å². The molecule has 0 spiro atoms. The normalized spacial score (nSPS) is 18.7. The SMILES string of the molecule is C#C/C=C\C(=C/C)C1Nc2cc(C)ccc2N1C. The molecule has 1 unspecified atom stereocenters. The lowest BCUT2D eigenvalue weighted by molar-refractivity contribution is 0.847. The first-order chi connectivity index (χ1) is 8.67. The molecular weight excluding hydrogens is 220 g/mol. The maximum atomic E-state index is 5.27. The summed E-state index contributed by atoms with van der Waals surface area (Å²) in [5.41, 5.74) is 4.83. The number of fused-ring (bicyclic) bond motifs is 1. The number of rotatable bonds is 2. The Morgan fingerprint density at radius 2 is 2.28 bits per heavy atom. The Bertz CT molecular complexity index is 547. The van der Waals surface area contributed by atoms with E-state index in [0.717, 1.165) is 0 Å². The Morgan fingerprint density at radius 1 is 1.50 bits per heavy atom. The molecule has 1 heterocycles. The van der Waals surface area contributed by atoms with Crippen molar-refractivity contribution in [2.24, 2.45) is 0 Å². The number of aryl methyl sites for hydroxylation is 1. The quantitative estimate of drug-likeness (QED) is 0.628. The van der Waals surface area contributed by atoms with Crippen molar-refractivity contribution < 1.29 is 0 Å². The fraction of sp³-hybridized carbons (Fsp3) is 0.250. The highest BCUT2D eigenvalue weighted by atomic mass is 15.3. The number of anilines is 2. The minimum absolute atomic E-state index is 0.149. The molecule has 92 valence electrons. The summed E-state index contributed by atoms with van der Waals surface area (Å²) in [4.78, 5) is 2.23. The van der Waals surface area contributed by atoms with Crippen LogP contribution in [0.25, 0.3) is 0 Å². The van der Waals surface area contributed by atoms with Gasteiger partial charge in [0.15, 0.2) is 0 Å². The summed E-state index contributed by atoms with van der Waals surface area (Å²) in [6.45, 7) is 4.13. The third-order valence-corrected chi connectivity index (χ3v) is 3.23. The van der Waals surface area contributed by atoms with Crippen LogP contribution in [0.3, 0.4) is 0 Å². The van der Waals surface area contributed by atoms with Crippen molar-refractivity contribution in [3.05, 3.63) is 47.6 Å². The van der Waals surface area contributed by atoms with Crippen LogP contribution in [0, 0.1) is 19.3 Å². The van der Waals surface area contributed by atoms with Crippen LogP contribution in [0.15, 0.2) is 42.0 Å². The van der Waals surface area contributed by atoms with E-state index in [1.165, 1.54) is 22.5 Å². The molecule has 0 aromatic heterocycles. The Labute approximate surface area is 109 Å². The molecule has 0 saturated carbocycles.